The second-order valence-electron chi connectivity index (χ2n) is 6.08. The summed E-state index contributed by atoms with van der Waals surface area (Å²) in [6, 6.07) is 17.4. The number of morpholine rings is 1. The van der Waals surface area contributed by atoms with Crippen LogP contribution in [0.15, 0.2) is 53.6 Å². The van der Waals surface area contributed by atoms with E-state index in [4.69, 9.17) is 4.74 Å². The molecular formula is C19H21N3O. The highest BCUT2D eigenvalue weighted by atomic mass is 16.5. The molecule has 4 rings (SSSR count). The predicted octanol–water partition coefficient (Wildman–Crippen LogP) is 2.55. The molecule has 0 radical (unpaired) electrons. The summed E-state index contributed by atoms with van der Waals surface area (Å²) >= 11 is 0. The Balaban J connectivity index is 1.51. The fourth-order valence-electron chi connectivity index (χ4n) is 3.23. The summed E-state index contributed by atoms with van der Waals surface area (Å²) in [5, 5.41) is 4.30. The van der Waals surface area contributed by atoms with Crippen molar-refractivity contribution in [2.45, 2.75) is 12.6 Å². The van der Waals surface area contributed by atoms with Gasteiger partial charge >= 0.3 is 0 Å². The number of ether oxygens (including phenoxy) is 1. The van der Waals surface area contributed by atoms with Crippen LogP contribution in [0.2, 0.25) is 0 Å². The fraction of sp³-hybridized carbons (Fsp3) is 0.316. The van der Waals surface area contributed by atoms with Crippen molar-refractivity contribution in [2.75, 3.05) is 26.3 Å². The molecule has 1 atom stereocenters. The smallest absolute Gasteiger partial charge is 0.0946 e. The molecule has 2 heterocycles. The lowest BCUT2D eigenvalue weighted by Crippen LogP contribution is -2.35. The van der Waals surface area contributed by atoms with Gasteiger partial charge in [-0.3, -0.25) is 10.3 Å². The van der Waals surface area contributed by atoms with Gasteiger partial charge in [0, 0.05) is 25.2 Å². The van der Waals surface area contributed by atoms with Crippen LogP contribution in [0.25, 0.3) is 0 Å². The van der Waals surface area contributed by atoms with Gasteiger partial charge in [-0.25, -0.2) is 0 Å². The molecule has 0 aromatic heterocycles. The Morgan fingerprint density at radius 3 is 2.65 bits per heavy atom. The summed E-state index contributed by atoms with van der Waals surface area (Å²) in [6.07, 6.45) is 1.89. The first-order chi connectivity index (χ1) is 11.4. The van der Waals surface area contributed by atoms with E-state index in [0.717, 1.165) is 32.8 Å². The minimum atomic E-state index is 0.133. The van der Waals surface area contributed by atoms with Crippen LogP contribution in [0.4, 0.5) is 0 Å². The van der Waals surface area contributed by atoms with E-state index in [2.05, 4.69) is 64.0 Å². The molecule has 2 aliphatic heterocycles. The minimum Gasteiger partial charge on any atom is -0.379 e. The zero-order chi connectivity index (χ0) is 15.5. The van der Waals surface area contributed by atoms with Crippen molar-refractivity contribution in [3.63, 3.8) is 0 Å². The highest BCUT2D eigenvalue weighted by Gasteiger charge is 2.19. The predicted molar refractivity (Wildman–Crippen MR) is 91.6 cm³/mol. The van der Waals surface area contributed by atoms with Gasteiger partial charge in [0.25, 0.3) is 0 Å². The molecule has 4 heteroatoms. The third-order valence-corrected chi connectivity index (χ3v) is 4.54. The highest BCUT2D eigenvalue weighted by Crippen LogP contribution is 2.27. The maximum atomic E-state index is 5.41. The van der Waals surface area contributed by atoms with E-state index in [0.29, 0.717) is 0 Å². The van der Waals surface area contributed by atoms with Crippen LogP contribution in [-0.4, -0.2) is 37.4 Å². The average molecular weight is 307 g/mol. The van der Waals surface area contributed by atoms with Crippen LogP contribution in [0.5, 0.6) is 0 Å². The zero-order valence-corrected chi connectivity index (χ0v) is 13.1. The summed E-state index contributed by atoms with van der Waals surface area (Å²) < 4.78 is 5.41. The van der Waals surface area contributed by atoms with E-state index >= 15 is 0 Å². The first-order valence-corrected chi connectivity index (χ1v) is 8.16. The second-order valence-corrected chi connectivity index (χ2v) is 6.08. The molecule has 1 fully saturated rings. The molecule has 0 unspecified atom stereocenters. The number of hydrogen-bond acceptors (Lipinski definition) is 4. The van der Waals surface area contributed by atoms with Crippen molar-refractivity contribution >= 4 is 6.21 Å². The number of rotatable bonds is 3. The average Bonchev–Trinajstić information content (AvgIpc) is 2.63. The largest absolute Gasteiger partial charge is 0.379 e. The Hall–Kier alpha value is -2.17. The monoisotopic (exact) mass is 307 g/mol. The molecular weight excluding hydrogens is 286 g/mol. The van der Waals surface area contributed by atoms with Gasteiger partial charge in [-0.2, -0.15) is 5.10 Å². The van der Waals surface area contributed by atoms with Gasteiger partial charge < -0.3 is 4.74 Å². The molecule has 0 amide bonds. The van der Waals surface area contributed by atoms with Crippen LogP contribution in [-0.2, 0) is 11.3 Å². The number of nitrogens with zero attached hydrogens (tertiary/aromatic N) is 2. The van der Waals surface area contributed by atoms with Crippen molar-refractivity contribution in [3.05, 3.63) is 70.8 Å². The molecule has 2 aromatic rings. The Labute approximate surface area is 136 Å². The molecule has 0 spiro atoms. The lowest BCUT2D eigenvalue weighted by Gasteiger charge is -2.27. The lowest BCUT2D eigenvalue weighted by atomic mass is 9.94. The molecule has 2 aliphatic rings. The van der Waals surface area contributed by atoms with Gasteiger partial charge in [0.15, 0.2) is 0 Å². The molecule has 1 saturated heterocycles. The summed E-state index contributed by atoms with van der Waals surface area (Å²) in [6.45, 7) is 4.73. The van der Waals surface area contributed by atoms with Gasteiger partial charge in [0.2, 0.25) is 0 Å². The summed E-state index contributed by atoms with van der Waals surface area (Å²) in [4.78, 5) is 2.44. The zero-order valence-electron chi connectivity index (χ0n) is 13.1. The van der Waals surface area contributed by atoms with Crippen LogP contribution in [0.3, 0.4) is 0 Å². The van der Waals surface area contributed by atoms with Crippen molar-refractivity contribution in [1.29, 1.82) is 0 Å². The van der Waals surface area contributed by atoms with E-state index in [1.54, 1.807) is 0 Å². The summed E-state index contributed by atoms with van der Waals surface area (Å²) in [7, 11) is 0. The van der Waals surface area contributed by atoms with E-state index in [1.807, 2.05) is 6.21 Å². The van der Waals surface area contributed by atoms with E-state index in [-0.39, 0.29) is 6.04 Å². The summed E-state index contributed by atoms with van der Waals surface area (Å²) in [5.41, 5.74) is 8.30. The van der Waals surface area contributed by atoms with Crippen molar-refractivity contribution in [3.8, 4) is 0 Å². The molecule has 4 nitrogen and oxygen atoms in total. The Bertz CT molecular complexity index is 690. The van der Waals surface area contributed by atoms with E-state index in [9.17, 15) is 0 Å². The maximum absolute atomic E-state index is 5.41. The maximum Gasteiger partial charge on any atom is 0.0946 e. The van der Waals surface area contributed by atoms with Crippen LogP contribution >= 0.6 is 0 Å². The first-order valence-electron chi connectivity index (χ1n) is 8.16. The van der Waals surface area contributed by atoms with Gasteiger partial charge in [-0.05, 0) is 16.7 Å². The standard InChI is InChI=1S/C19H21N3O/c1-2-4-18-17(3-1)13-20-21-19(18)16-7-5-15(6-8-16)14-22-9-11-23-12-10-22/h1-8,13,19,21H,9-12,14H2/t19-/m0/s1. The lowest BCUT2D eigenvalue weighted by molar-refractivity contribution is 0.0342. The molecule has 0 bridgehead atoms. The molecule has 0 saturated carbocycles. The Morgan fingerprint density at radius 2 is 1.83 bits per heavy atom. The number of hydrogen-bond donors (Lipinski definition) is 1. The topological polar surface area (TPSA) is 36.9 Å². The van der Waals surface area contributed by atoms with Crippen LogP contribution < -0.4 is 5.43 Å². The first kappa shape index (κ1) is 14.4. The molecule has 23 heavy (non-hydrogen) atoms. The van der Waals surface area contributed by atoms with Gasteiger partial charge in [0.1, 0.15) is 0 Å². The van der Waals surface area contributed by atoms with Gasteiger partial charge in [-0.15, -0.1) is 0 Å². The van der Waals surface area contributed by atoms with Gasteiger partial charge in [0.05, 0.1) is 25.5 Å². The minimum absolute atomic E-state index is 0.133. The third kappa shape index (κ3) is 3.14. The molecule has 2 aromatic carbocycles. The fourth-order valence-corrected chi connectivity index (χ4v) is 3.23. The molecule has 1 N–H and O–H groups in total. The SMILES string of the molecule is C1=NN[C@@H](c2ccc(CN3CCOCC3)cc2)c2ccccc21. The van der Waals surface area contributed by atoms with E-state index in [1.165, 1.54) is 22.3 Å². The van der Waals surface area contributed by atoms with Crippen molar-refractivity contribution in [1.82, 2.24) is 10.3 Å². The quantitative estimate of drug-likeness (QED) is 0.947. The van der Waals surface area contributed by atoms with Crippen molar-refractivity contribution < 1.29 is 4.74 Å². The van der Waals surface area contributed by atoms with E-state index < -0.39 is 0 Å². The molecule has 0 aliphatic carbocycles. The number of nitrogens with one attached hydrogen (secondary N) is 1. The third-order valence-electron chi connectivity index (χ3n) is 4.54. The Kier molecular flexibility index (Phi) is 4.09. The van der Waals surface area contributed by atoms with Gasteiger partial charge in [-0.1, -0.05) is 48.5 Å². The second kappa shape index (κ2) is 6.52. The molecule has 118 valence electrons. The normalized spacial score (nSPS) is 20.8. The Morgan fingerprint density at radius 1 is 1.04 bits per heavy atom. The summed E-state index contributed by atoms with van der Waals surface area (Å²) in [5.74, 6) is 0. The van der Waals surface area contributed by atoms with Crippen LogP contribution in [0.1, 0.15) is 28.3 Å². The highest BCUT2D eigenvalue weighted by molar-refractivity contribution is 5.83. The number of fused-ring (bicyclic) bond motifs is 1. The van der Waals surface area contributed by atoms with Crippen LogP contribution in [0, 0.1) is 0 Å². The number of hydrazone groups is 1. The van der Waals surface area contributed by atoms with Crippen molar-refractivity contribution in [2.24, 2.45) is 5.10 Å². The number of benzene rings is 2.